The molecule has 0 fully saturated rings. The molecule has 0 N–H and O–H groups in total. The van der Waals surface area contributed by atoms with Crippen molar-refractivity contribution in [2.45, 2.75) is 46.0 Å². The third kappa shape index (κ3) is 12.3. The summed E-state index contributed by atoms with van der Waals surface area (Å²) in [4.78, 5) is 0. The molecule has 0 saturated heterocycles. The van der Waals surface area contributed by atoms with Crippen LogP contribution in [0, 0.1) is 5.92 Å². The number of unbranched alkanes of at least 4 members (excludes halogenated alkanes) is 4. The van der Waals surface area contributed by atoms with Crippen molar-refractivity contribution in [3.63, 3.8) is 0 Å². The summed E-state index contributed by atoms with van der Waals surface area (Å²) in [6.45, 7) is 5.21. The summed E-state index contributed by atoms with van der Waals surface area (Å²) in [7, 11) is 1.76. The minimum Gasteiger partial charge on any atom is -0.381 e. The van der Waals surface area contributed by atoms with Gasteiger partial charge in [0.15, 0.2) is 0 Å². The molecule has 5 heteroatoms. The van der Waals surface area contributed by atoms with Gasteiger partial charge in [-0.2, -0.15) is 0 Å². The molecule has 0 radical (unpaired) electrons. The van der Waals surface area contributed by atoms with Crippen LogP contribution in [-0.4, -0.2) is 27.4 Å². The Kier molecular flexibility index (Phi) is 9.37. The van der Waals surface area contributed by atoms with Crippen molar-refractivity contribution in [2.24, 2.45) is 5.92 Å². The molecule has 0 saturated carbocycles. The first-order valence-electron chi connectivity index (χ1n) is 5.95. The highest BCUT2D eigenvalue weighted by Gasteiger charge is 2.12. The largest absolute Gasteiger partial charge is 0.381 e. The molecule has 0 aliphatic carbocycles. The smallest absolute Gasteiger partial charge is 0.232 e. The highest BCUT2D eigenvalue weighted by molar-refractivity contribution is 8.13. The molecule has 1 unspecified atom stereocenters. The van der Waals surface area contributed by atoms with Crippen molar-refractivity contribution < 1.29 is 13.2 Å². The maximum atomic E-state index is 10.8. The molecular weight excluding hydrogens is 248 g/mol. The minimum absolute atomic E-state index is 0.00953. The van der Waals surface area contributed by atoms with Crippen molar-refractivity contribution in [1.82, 2.24) is 0 Å². The van der Waals surface area contributed by atoms with E-state index >= 15 is 0 Å². The number of ether oxygens (including phenoxy) is 1. The first-order chi connectivity index (χ1) is 7.45. The summed E-state index contributed by atoms with van der Waals surface area (Å²) < 4.78 is 26.9. The Balaban J connectivity index is 3.31. The molecule has 0 aliphatic heterocycles. The van der Waals surface area contributed by atoms with Crippen molar-refractivity contribution in [3.05, 3.63) is 0 Å². The molecule has 1 atom stereocenters. The van der Waals surface area contributed by atoms with Crippen molar-refractivity contribution in [3.8, 4) is 0 Å². The molecule has 0 aliphatic rings. The summed E-state index contributed by atoms with van der Waals surface area (Å²) in [6, 6.07) is 0. The van der Waals surface area contributed by atoms with Crippen molar-refractivity contribution >= 4 is 19.7 Å². The Bertz CT molecular complexity index is 252. The van der Waals surface area contributed by atoms with Crippen LogP contribution in [0.4, 0.5) is 0 Å². The van der Waals surface area contributed by atoms with Gasteiger partial charge in [-0.15, -0.1) is 0 Å². The van der Waals surface area contributed by atoms with E-state index in [1.807, 2.05) is 6.92 Å². The van der Waals surface area contributed by atoms with Gasteiger partial charge in [0.05, 0.1) is 12.4 Å². The number of halogens is 1. The molecule has 0 spiro atoms. The van der Waals surface area contributed by atoms with Gasteiger partial charge in [0.1, 0.15) is 0 Å². The Hall–Kier alpha value is 0.200. The average molecular weight is 271 g/mol. The van der Waals surface area contributed by atoms with Crippen LogP contribution in [0.3, 0.4) is 0 Å². The van der Waals surface area contributed by atoms with Crippen LogP contribution < -0.4 is 0 Å². The Morgan fingerprint density at radius 3 is 2.38 bits per heavy atom. The molecule has 0 bridgehead atoms. The Morgan fingerprint density at radius 2 is 1.81 bits per heavy atom. The minimum atomic E-state index is -3.39. The summed E-state index contributed by atoms with van der Waals surface area (Å²) >= 11 is 0. The number of hydrogen-bond acceptors (Lipinski definition) is 3. The lowest BCUT2D eigenvalue weighted by atomic mass is 10.2. The van der Waals surface area contributed by atoms with Crippen molar-refractivity contribution in [2.75, 3.05) is 19.0 Å². The highest BCUT2D eigenvalue weighted by Crippen LogP contribution is 2.07. The van der Waals surface area contributed by atoms with Gasteiger partial charge in [0.2, 0.25) is 9.05 Å². The average Bonchev–Trinajstić information content (AvgIpc) is 2.13. The highest BCUT2D eigenvalue weighted by atomic mass is 35.7. The Morgan fingerprint density at radius 1 is 1.19 bits per heavy atom. The van der Waals surface area contributed by atoms with Gasteiger partial charge in [0, 0.05) is 17.3 Å². The third-order valence-corrected chi connectivity index (χ3v) is 3.62. The zero-order valence-electron chi connectivity index (χ0n) is 10.2. The Labute approximate surface area is 104 Å². The van der Waals surface area contributed by atoms with E-state index in [4.69, 9.17) is 15.4 Å². The summed E-state index contributed by atoms with van der Waals surface area (Å²) in [5.74, 6) is -0.0390. The van der Waals surface area contributed by atoms with Gasteiger partial charge in [0.25, 0.3) is 0 Å². The SMILES string of the molecule is CCCCCCCOCC(C)CS(=O)(=O)Cl. The van der Waals surface area contributed by atoms with Crippen LogP contribution in [0.15, 0.2) is 0 Å². The van der Waals surface area contributed by atoms with E-state index in [0.717, 1.165) is 13.0 Å². The molecule has 3 nitrogen and oxygen atoms in total. The van der Waals surface area contributed by atoms with Gasteiger partial charge in [-0.25, -0.2) is 8.42 Å². The monoisotopic (exact) mass is 270 g/mol. The van der Waals surface area contributed by atoms with Crippen LogP contribution in [0.5, 0.6) is 0 Å². The molecule has 98 valence electrons. The van der Waals surface area contributed by atoms with Crippen LogP contribution in [0.2, 0.25) is 0 Å². The summed E-state index contributed by atoms with van der Waals surface area (Å²) in [6.07, 6.45) is 6.02. The second kappa shape index (κ2) is 9.25. The van der Waals surface area contributed by atoms with E-state index in [1.54, 1.807) is 0 Å². The number of hydrogen-bond donors (Lipinski definition) is 0. The van der Waals surface area contributed by atoms with Crippen LogP contribution in [0.1, 0.15) is 46.0 Å². The molecule has 0 amide bonds. The number of rotatable bonds is 10. The molecule has 0 rings (SSSR count). The maximum absolute atomic E-state index is 10.8. The predicted octanol–water partition coefficient (Wildman–Crippen LogP) is 3.18. The fourth-order valence-electron chi connectivity index (χ4n) is 1.48. The quantitative estimate of drug-likeness (QED) is 0.452. The fraction of sp³-hybridized carbons (Fsp3) is 1.00. The van der Waals surface area contributed by atoms with Gasteiger partial charge >= 0.3 is 0 Å². The summed E-state index contributed by atoms with van der Waals surface area (Å²) in [5.41, 5.74) is 0. The van der Waals surface area contributed by atoms with E-state index in [2.05, 4.69) is 6.92 Å². The van der Waals surface area contributed by atoms with E-state index in [1.165, 1.54) is 25.7 Å². The zero-order chi connectivity index (χ0) is 12.4. The molecule has 0 heterocycles. The van der Waals surface area contributed by atoms with Crippen LogP contribution >= 0.6 is 10.7 Å². The first-order valence-corrected chi connectivity index (χ1v) is 8.43. The van der Waals surface area contributed by atoms with Crippen LogP contribution in [-0.2, 0) is 13.8 Å². The first kappa shape index (κ1) is 16.2. The van der Waals surface area contributed by atoms with E-state index in [9.17, 15) is 8.42 Å². The van der Waals surface area contributed by atoms with Gasteiger partial charge in [-0.1, -0.05) is 39.5 Å². The second-order valence-electron chi connectivity index (χ2n) is 4.30. The van der Waals surface area contributed by atoms with Gasteiger partial charge in [-0.3, -0.25) is 0 Å². The van der Waals surface area contributed by atoms with Crippen LogP contribution in [0.25, 0.3) is 0 Å². The zero-order valence-corrected chi connectivity index (χ0v) is 11.8. The van der Waals surface area contributed by atoms with Gasteiger partial charge < -0.3 is 4.74 Å². The standard InChI is InChI=1S/C11H23ClO3S/c1-3-4-5-6-7-8-15-9-11(2)10-16(12,13)14/h11H,3-10H2,1-2H3. The van der Waals surface area contributed by atoms with E-state index in [0.29, 0.717) is 6.61 Å². The topological polar surface area (TPSA) is 43.4 Å². The van der Waals surface area contributed by atoms with E-state index in [-0.39, 0.29) is 11.7 Å². The van der Waals surface area contributed by atoms with E-state index < -0.39 is 9.05 Å². The summed E-state index contributed by atoms with van der Waals surface area (Å²) in [5, 5.41) is 0. The molecule has 0 aromatic carbocycles. The molecular formula is C11H23ClO3S. The molecule has 0 aromatic rings. The third-order valence-electron chi connectivity index (χ3n) is 2.28. The predicted molar refractivity (Wildman–Crippen MR) is 68.4 cm³/mol. The fourth-order valence-corrected chi connectivity index (χ4v) is 2.90. The van der Waals surface area contributed by atoms with Crippen molar-refractivity contribution in [1.29, 1.82) is 0 Å². The van der Waals surface area contributed by atoms with Gasteiger partial charge in [-0.05, 0) is 12.3 Å². The molecule has 0 aromatic heterocycles. The lowest BCUT2D eigenvalue weighted by Gasteiger charge is -2.09. The molecule has 16 heavy (non-hydrogen) atoms. The maximum Gasteiger partial charge on any atom is 0.232 e. The normalized spacial score (nSPS) is 13.9. The lowest BCUT2D eigenvalue weighted by Crippen LogP contribution is -2.15. The lowest BCUT2D eigenvalue weighted by molar-refractivity contribution is 0.107. The second-order valence-corrected chi connectivity index (χ2v) is 7.12.